The van der Waals surface area contributed by atoms with Crippen LogP contribution in [0.3, 0.4) is 0 Å². The van der Waals surface area contributed by atoms with Gasteiger partial charge in [-0.25, -0.2) is 9.18 Å². The Morgan fingerprint density at radius 1 is 1.14 bits per heavy atom. The standard InChI is InChI=1S/C22H13FN2O4/c1-11(26)28-14-6-7-15-17-9-16(12-2-4-13(23)5-3-12)18(10-24)21(25)20(17)22(27)29-19(15)8-14/h2-9H,25H2,1H3. The van der Waals surface area contributed by atoms with Gasteiger partial charge < -0.3 is 14.9 Å². The number of anilines is 1. The van der Waals surface area contributed by atoms with E-state index in [4.69, 9.17) is 14.9 Å². The van der Waals surface area contributed by atoms with Crippen molar-refractivity contribution in [1.82, 2.24) is 0 Å². The molecule has 0 radical (unpaired) electrons. The second-order valence-electron chi connectivity index (χ2n) is 6.40. The highest BCUT2D eigenvalue weighted by Crippen LogP contribution is 2.36. The Hall–Kier alpha value is -4.18. The summed E-state index contributed by atoms with van der Waals surface area (Å²) in [6.45, 7) is 1.26. The lowest BCUT2D eigenvalue weighted by atomic mass is 9.93. The smallest absolute Gasteiger partial charge is 0.346 e. The number of hydrogen-bond acceptors (Lipinski definition) is 6. The van der Waals surface area contributed by atoms with Gasteiger partial charge in [0.2, 0.25) is 0 Å². The average molecular weight is 388 g/mol. The number of carbonyl (C=O) groups excluding carboxylic acids is 1. The Morgan fingerprint density at radius 2 is 1.86 bits per heavy atom. The summed E-state index contributed by atoms with van der Waals surface area (Å²) in [6, 6.07) is 13.9. The van der Waals surface area contributed by atoms with Crippen molar-refractivity contribution in [2.24, 2.45) is 0 Å². The molecule has 2 N–H and O–H groups in total. The van der Waals surface area contributed by atoms with Crippen molar-refractivity contribution in [3.8, 4) is 22.9 Å². The molecule has 6 nitrogen and oxygen atoms in total. The van der Waals surface area contributed by atoms with Gasteiger partial charge in [0.25, 0.3) is 0 Å². The number of rotatable bonds is 2. The van der Waals surface area contributed by atoms with Gasteiger partial charge in [-0.2, -0.15) is 5.26 Å². The summed E-state index contributed by atoms with van der Waals surface area (Å²) in [6.07, 6.45) is 0. The maximum Gasteiger partial charge on any atom is 0.346 e. The van der Waals surface area contributed by atoms with Gasteiger partial charge in [-0.3, -0.25) is 4.79 Å². The average Bonchev–Trinajstić information content (AvgIpc) is 2.67. The molecule has 0 aliphatic heterocycles. The maximum absolute atomic E-state index is 13.3. The fourth-order valence-electron chi connectivity index (χ4n) is 3.30. The number of fused-ring (bicyclic) bond motifs is 3. The molecule has 0 unspecified atom stereocenters. The van der Waals surface area contributed by atoms with Gasteiger partial charge in [0.1, 0.15) is 23.2 Å². The predicted octanol–water partition coefficient (Wildman–Crippen LogP) is 4.13. The summed E-state index contributed by atoms with van der Waals surface area (Å²) in [4.78, 5) is 23.8. The van der Waals surface area contributed by atoms with Crippen LogP contribution < -0.4 is 16.1 Å². The Kier molecular flexibility index (Phi) is 4.24. The first-order chi connectivity index (χ1) is 13.9. The van der Waals surface area contributed by atoms with Crippen LogP contribution in [0.2, 0.25) is 0 Å². The molecule has 0 amide bonds. The van der Waals surface area contributed by atoms with Gasteiger partial charge in [0, 0.05) is 29.3 Å². The zero-order chi connectivity index (χ0) is 20.7. The molecule has 4 rings (SSSR count). The fourth-order valence-corrected chi connectivity index (χ4v) is 3.30. The van der Waals surface area contributed by atoms with E-state index in [1.165, 1.54) is 37.3 Å². The molecule has 0 spiro atoms. The number of benzene rings is 3. The molecule has 7 heteroatoms. The number of esters is 1. The second kappa shape index (κ2) is 6.77. The third-order valence-corrected chi connectivity index (χ3v) is 4.54. The molecule has 29 heavy (non-hydrogen) atoms. The Balaban J connectivity index is 2.09. The van der Waals surface area contributed by atoms with E-state index in [1.807, 2.05) is 6.07 Å². The molecule has 0 saturated heterocycles. The fraction of sp³-hybridized carbons (Fsp3) is 0.0455. The third kappa shape index (κ3) is 3.07. The molecular weight excluding hydrogens is 375 g/mol. The lowest BCUT2D eigenvalue weighted by molar-refractivity contribution is -0.131. The van der Waals surface area contributed by atoms with Crippen molar-refractivity contribution < 1.29 is 18.3 Å². The molecule has 1 aromatic heterocycles. The molecule has 0 bridgehead atoms. The van der Waals surface area contributed by atoms with Crippen LogP contribution in [0.4, 0.5) is 10.1 Å². The quantitative estimate of drug-likeness (QED) is 0.182. The number of nitriles is 1. The van der Waals surface area contributed by atoms with E-state index < -0.39 is 17.4 Å². The topological polar surface area (TPSA) is 106 Å². The van der Waals surface area contributed by atoms with Crippen LogP contribution >= 0.6 is 0 Å². The van der Waals surface area contributed by atoms with E-state index in [0.717, 1.165) is 0 Å². The number of nitrogen functional groups attached to an aromatic ring is 1. The van der Waals surface area contributed by atoms with Crippen molar-refractivity contribution in [3.63, 3.8) is 0 Å². The molecule has 1 heterocycles. The van der Waals surface area contributed by atoms with Crippen molar-refractivity contribution in [1.29, 1.82) is 5.26 Å². The summed E-state index contributed by atoms with van der Waals surface area (Å²) in [5, 5.41) is 10.7. The monoisotopic (exact) mass is 388 g/mol. The van der Waals surface area contributed by atoms with Crippen LogP contribution in [-0.4, -0.2) is 5.97 Å². The SMILES string of the molecule is CC(=O)Oc1ccc2c(c1)oc(=O)c1c(N)c(C#N)c(-c3ccc(F)cc3)cc12. The van der Waals surface area contributed by atoms with Crippen LogP contribution in [0, 0.1) is 17.1 Å². The van der Waals surface area contributed by atoms with Crippen LogP contribution in [-0.2, 0) is 4.79 Å². The predicted molar refractivity (Wildman–Crippen MR) is 106 cm³/mol. The van der Waals surface area contributed by atoms with Gasteiger partial charge in [0.05, 0.1) is 16.6 Å². The second-order valence-corrected chi connectivity index (χ2v) is 6.40. The minimum atomic E-state index is -0.716. The van der Waals surface area contributed by atoms with Gasteiger partial charge in [-0.15, -0.1) is 0 Å². The molecular formula is C22H13FN2O4. The molecule has 0 atom stereocenters. The third-order valence-electron chi connectivity index (χ3n) is 4.54. The highest BCUT2D eigenvalue weighted by molar-refractivity contribution is 6.12. The van der Waals surface area contributed by atoms with E-state index >= 15 is 0 Å². The van der Waals surface area contributed by atoms with Crippen LogP contribution in [0.5, 0.6) is 5.75 Å². The van der Waals surface area contributed by atoms with Crippen LogP contribution in [0.15, 0.2) is 57.7 Å². The highest BCUT2D eigenvalue weighted by Gasteiger charge is 2.18. The number of halogens is 1. The number of nitrogens with two attached hydrogens (primary N) is 1. The molecule has 4 aromatic rings. The number of hydrogen-bond donors (Lipinski definition) is 1. The molecule has 0 fully saturated rings. The van der Waals surface area contributed by atoms with Crippen molar-refractivity contribution in [3.05, 3.63) is 70.3 Å². The molecule has 3 aromatic carbocycles. The first-order valence-corrected chi connectivity index (χ1v) is 8.56. The lowest BCUT2D eigenvalue weighted by Crippen LogP contribution is -2.07. The van der Waals surface area contributed by atoms with Crippen molar-refractivity contribution >= 4 is 33.4 Å². The minimum Gasteiger partial charge on any atom is -0.427 e. The number of ether oxygens (including phenoxy) is 1. The van der Waals surface area contributed by atoms with Crippen molar-refractivity contribution in [2.75, 3.05) is 5.73 Å². The summed E-state index contributed by atoms with van der Waals surface area (Å²) in [7, 11) is 0. The van der Waals surface area contributed by atoms with Crippen LogP contribution in [0.1, 0.15) is 12.5 Å². The van der Waals surface area contributed by atoms with Gasteiger partial charge in [0.15, 0.2) is 0 Å². The number of nitrogens with zero attached hydrogens (tertiary/aromatic N) is 1. The van der Waals surface area contributed by atoms with E-state index in [1.54, 1.807) is 18.2 Å². The van der Waals surface area contributed by atoms with E-state index in [2.05, 4.69) is 0 Å². The summed E-state index contributed by atoms with van der Waals surface area (Å²) in [5.74, 6) is -0.688. The van der Waals surface area contributed by atoms with Crippen molar-refractivity contribution in [2.45, 2.75) is 6.92 Å². The zero-order valence-corrected chi connectivity index (χ0v) is 15.2. The van der Waals surface area contributed by atoms with E-state index in [0.29, 0.717) is 21.9 Å². The molecule has 0 saturated carbocycles. The lowest BCUT2D eigenvalue weighted by Gasteiger charge is -2.12. The summed E-state index contributed by atoms with van der Waals surface area (Å²) >= 11 is 0. The summed E-state index contributed by atoms with van der Waals surface area (Å²) in [5.41, 5.74) is 6.79. The Bertz CT molecular complexity index is 1400. The van der Waals surface area contributed by atoms with Crippen LogP contribution in [0.25, 0.3) is 32.9 Å². The van der Waals surface area contributed by atoms with Gasteiger partial charge in [-0.05, 0) is 35.9 Å². The normalized spacial score (nSPS) is 10.8. The van der Waals surface area contributed by atoms with E-state index in [-0.39, 0.29) is 28.0 Å². The first-order valence-electron chi connectivity index (χ1n) is 8.56. The molecule has 142 valence electrons. The Morgan fingerprint density at radius 3 is 2.52 bits per heavy atom. The first kappa shape index (κ1) is 18.2. The highest BCUT2D eigenvalue weighted by atomic mass is 19.1. The molecule has 0 aliphatic carbocycles. The minimum absolute atomic E-state index is 0.0102. The maximum atomic E-state index is 13.3. The van der Waals surface area contributed by atoms with Gasteiger partial charge >= 0.3 is 11.6 Å². The Labute approximate surface area is 163 Å². The van der Waals surface area contributed by atoms with E-state index in [9.17, 15) is 19.2 Å². The zero-order valence-electron chi connectivity index (χ0n) is 15.2. The summed E-state index contributed by atoms with van der Waals surface area (Å²) < 4.78 is 23.7. The van der Waals surface area contributed by atoms with Gasteiger partial charge in [-0.1, -0.05) is 12.1 Å². The number of carbonyl (C=O) groups is 1. The molecule has 0 aliphatic rings. The largest absolute Gasteiger partial charge is 0.427 e.